The van der Waals surface area contributed by atoms with E-state index in [9.17, 15) is 0 Å². The summed E-state index contributed by atoms with van der Waals surface area (Å²) >= 11 is 0. The third-order valence-corrected chi connectivity index (χ3v) is 5.18. The van der Waals surface area contributed by atoms with Crippen LogP contribution >= 0.6 is 0 Å². The maximum atomic E-state index is 4.64. The fraction of sp³-hybridized carbons (Fsp3) is 0.364. The molecule has 2 aromatic heterocycles. The third kappa shape index (κ3) is 3.56. The average molecular weight is 346 g/mol. The quantitative estimate of drug-likeness (QED) is 0.720. The minimum absolute atomic E-state index is 0.606. The number of hydrogen-bond donors (Lipinski definition) is 0. The minimum Gasteiger partial charge on any atom is -0.368 e. The van der Waals surface area contributed by atoms with Crippen molar-refractivity contribution in [1.29, 1.82) is 0 Å². The molecule has 1 atom stereocenters. The van der Waals surface area contributed by atoms with E-state index in [4.69, 9.17) is 0 Å². The van der Waals surface area contributed by atoms with Crippen LogP contribution in [0.1, 0.15) is 18.1 Å². The zero-order chi connectivity index (χ0) is 17.9. The van der Waals surface area contributed by atoms with Crippen LogP contribution < -0.4 is 4.90 Å². The first kappa shape index (κ1) is 17.0. The van der Waals surface area contributed by atoms with Gasteiger partial charge in [0.2, 0.25) is 0 Å². The molecule has 0 amide bonds. The number of benzene rings is 1. The van der Waals surface area contributed by atoms with Crippen LogP contribution in [0, 0.1) is 12.8 Å². The van der Waals surface area contributed by atoms with E-state index < -0.39 is 0 Å². The van der Waals surface area contributed by atoms with Crippen molar-refractivity contribution in [3.05, 3.63) is 66.0 Å². The van der Waals surface area contributed by atoms with E-state index in [1.165, 1.54) is 16.8 Å². The molecule has 1 fully saturated rings. The Hall–Kier alpha value is -2.46. The molecule has 1 aliphatic heterocycles. The van der Waals surface area contributed by atoms with Crippen molar-refractivity contribution in [3.8, 4) is 0 Å². The Morgan fingerprint density at radius 2 is 1.69 bits per heavy atom. The first-order chi connectivity index (χ1) is 12.7. The number of rotatable bonds is 3. The van der Waals surface area contributed by atoms with Crippen LogP contribution in [-0.2, 0) is 6.54 Å². The Morgan fingerprint density at radius 1 is 0.923 bits per heavy atom. The molecule has 26 heavy (non-hydrogen) atoms. The fourth-order valence-corrected chi connectivity index (χ4v) is 3.94. The highest BCUT2D eigenvalue weighted by Crippen LogP contribution is 2.27. The van der Waals surface area contributed by atoms with E-state index in [1.807, 2.05) is 18.5 Å². The predicted molar refractivity (Wildman–Crippen MR) is 107 cm³/mol. The zero-order valence-corrected chi connectivity index (χ0v) is 15.6. The lowest BCUT2D eigenvalue weighted by molar-refractivity contribution is 0.257. The van der Waals surface area contributed by atoms with E-state index in [0.29, 0.717) is 5.92 Å². The largest absolute Gasteiger partial charge is 0.368 e. The van der Waals surface area contributed by atoms with Gasteiger partial charge in [-0.1, -0.05) is 37.3 Å². The summed E-state index contributed by atoms with van der Waals surface area (Å²) in [6.45, 7) is 9.74. The summed E-state index contributed by atoms with van der Waals surface area (Å²) in [7, 11) is 0. The van der Waals surface area contributed by atoms with Gasteiger partial charge in [0.1, 0.15) is 5.52 Å². The van der Waals surface area contributed by atoms with Crippen molar-refractivity contribution in [1.82, 2.24) is 14.9 Å². The van der Waals surface area contributed by atoms with Gasteiger partial charge in [-0.3, -0.25) is 14.9 Å². The summed E-state index contributed by atoms with van der Waals surface area (Å²) < 4.78 is 0. The molecule has 0 saturated carbocycles. The molecule has 0 spiro atoms. The maximum Gasteiger partial charge on any atom is 0.112 e. The first-order valence-corrected chi connectivity index (χ1v) is 9.42. The molecule has 3 heterocycles. The molecule has 0 N–H and O–H groups in total. The molecule has 1 unspecified atom stereocenters. The number of aromatic nitrogens is 2. The number of hydrogen-bond acceptors (Lipinski definition) is 4. The van der Waals surface area contributed by atoms with E-state index >= 15 is 0 Å². The van der Waals surface area contributed by atoms with E-state index in [1.54, 1.807) is 0 Å². The van der Waals surface area contributed by atoms with E-state index in [-0.39, 0.29) is 0 Å². The van der Waals surface area contributed by atoms with Gasteiger partial charge >= 0.3 is 0 Å². The number of pyridine rings is 2. The fourth-order valence-electron chi connectivity index (χ4n) is 3.94. The average Bonchev–Trinajstić information content (AvgIpc) is 2.83. The molecule has 1 saturated heterocycles. The Labute approximate surface area is 155 Å². The predicted octanol–water partition coefficient (Wildman–Crippen LogP) is 3.90. The summed E-state index contributed by atoms with van der Waals surface area (Å²) in [5.41, 5.74) is 5.83. The van der Waals surface area contributed by atoms with E-state index in [0.717, 1.165) is 43.8 Å². The van der Waals surface area contributed by atoms with Crippen molar-refractivity contribution < 1.29 is 0 Å². The highest BCUT2D eigenvalue weighted by atomic mass is 15.2. The monoisotopic (exact) mass is 346 g/mol. The maximum absolute atomic E-state index is 4.64. The molecule has 4 rings (SSSR count). The van der Waals surface area contributed by atoms with Crippen molar-refractivity contribution in [2.75, 3.05) is 31.1 Å². The highest BCUT2D eigenvalue weighted by molar-refractivity contribution is 5.89. The summed E-state index contributed by atoms with van der Waals surface area (Å²) in [6, 6.07) is 14.9. The Bertz CT molecular complexity index is 878. The summed E-state index contributed by atoms with van der Waals surface area (Å²) in [6.07, 6.45) is 3.81. The van der Waals surface area contributed by atoms with Crippen molar-refractivity contribution in [3.63, 3.8) is 0 Å². The van der Waals surface area contributed by atoms with Crippen molar-refractivity contribution in [2.45, 2.75) is 20.4 Å². The minimum atomic E-state index is 0.606. The smallest absolute Gasteiger partial charge is 0.112 e. The molecule has 1 aliphatic rings. The molecule has 0 bridgehead atoms. The van der Waals surface area contributed by atoms with Crippen LogP contribution in [0.4, 0.5) is 5.69 Å². The van der Waals surface area contributed by atoms with Gasteiger partial charge in [-0.15, -0.1) is 0 Å². The lowest BCUT2D eigenvalue weighted by Crippen LogP contribution is -2.30. The number of aryl methyl sites for hydroxylation is 1. The lowest BCUT2D eigenvalue weighted by Gasteiger charge is -2.25. The van der Waals surface area contributed by atoms with Crippen LogP contribution in [0.3, 0.4) is 0 Å². The van der Waals surface area contributed by atoms with Crippen molar-refractivity contribution in [2.24, 2.45) is 5.92 Å². The molecule has 0 aliphatic carbocycles. The zero-order valence-electron chi connectivity index (χ0n) is 15.6. The Kier molecular flexibility index (Phi) is 4.85. The molecule has 4 nitrogen and oxygen atoms in total. The Balaban J connectivity index is 1.57. The molecule has 0 radical (unpaired) electrons. The van der Waals surface area contributed by atoms with Crippen LogP contribution in [0.25, 0.3) is 11.0 Å². The SMILES string of the molecule is Cc1ccnc2c(N3CCN(Cc4ccccc4)CC(C)C3)ccnc12. The summed E-state index contributed by atoms with van der Waals surface area (Å²) in [5, 5.41) is 0. The van der Waals surface area contributed by atoms with Gasteiger partial charge in [-0.2, -0.15) is 0 Å². The molecular formula is C22H26N4. The van der Waals surface area contributed by atoms with Crippen LogP contribution in [-0.4, -0.2) is 41.0 Å². The van der Waals surface area contributed by atoms with Crippen LogP contribution in [0.5, 0.6) is 0 Å². The number of anilines is 1. The van der Waals surface area contributed by atoms with Gasteiger partial charge < -0.3 is 4.90 Å². The van der Waals surface area contributed by atoms with Gasteiger partial charge in [0.25, 0.3) is 0 Å². The second-order valence-corrected chi connectivity index (χ2v) is 7.43. The summed E-state index contributed by atoms with van der Waals surface area (Å²) in [4.78, 5) is 14.3. The molecule has 134 valence electrons. The molecule has 1 aromatic carbocycles. The topological polar surface area (TPSA) is 32.3 Å². The molecule has 4 heteroatoms. The highest BCUT2D eigenvalue weighted by Gasteiger charge is 2.22. The van der Waals surface area contributed by atoms with Crippen LogP contribution in [0.2, 0.25) is 0 Å². The third-order valence-electron chi connectivity index (χ3n) is 5.18. The van der Waals surface area contributed by atoms with E-state index in [2.05, 4.69) is 70.0 Å². The normalized spacial score (nSPS) is 18.8. The number of nitrogens with zero attached hydrogens (tertiary/aromatic N) is 4. The lowest BCUT2D eigenvalue weighted by atomic mass is 10.1. The first-order valence-electron chi connectivity index (χ1n) is 9.42. The van der Waals surface area contributed by atoms with Crippen molar-refractivity contribution >= 4 is 16.7 Å². The second-order valence-electron chi connectivity index (χ2n) is 7.43. The van der Waals surface area contributed by atoms with Gasteiger partial charge in [0.05, 0.1) is 11.2 Å². The van der Waals surface area contributed by atoms with Gasteiger partial charge in [-0.05, 0) is 36.1 Å². The standard InChI is InChI=1S/C22H26N4/c1-17-14-25(16-19-6-4-3-5-7-19)12-13-26(15-17)20-9-11-23-21-18(2)8-10-24-22(20)21/h3-11,17H,12-16H2,1-2H3. The summed E-state index contributed by atoms with van der Waals surface area (Å²) in [5.74, 6) is 0.606. The van der Waals surface area contributed by atoms with Gasteiger partial charge in [0.15, 0.2) is 0 Å². The Morgan fingerprint density at radius 3 is 2.54 bits per heavy atom. The second kappa shape index (κ2) is 7.42. The molecular weight excluding hydrogens is 320 g/mol. The number of fused-ring (bicyclic) bond motifs is 1. The molecule has 3 aromatic rings. The van der Waals surface area contributed by atoms with Gasteiger partial charge in [-0.25, -0.2) is 0 Å². The van der Waals surface area contributed by atoms with Gasteiger partial charge in [0, 0.05) is 45.1 Å². The van der Waals surface area contributed by atoms with Crippen LogP contribution in [0.15, 0.2) is 54.9 Å².